The number of rotatable bonds is 3. The summed E-state index contributed by atoms with van der Waals surface area (Å²) in [6.07, 6.45) is 0. The van der Waals surface area contributed by atoms with Gasteiger partial charge in [0.05, 0.1) is 24.5 Å². The van der Waals surface area contributed by atoms with Crippen molar-refractivity contribution in [1.82, 2.24) is 0 Å². The standard InChI is InChI=1S/C12H14FN3O2S/c13-7-2-1-3-8(10(7)12(15)19)16-4-5-18-6-9(16)11(14)17/h1-3,9H,4-6H2,(H2,14,17)(H2,15,19). The number of halogens is 1. The smallest absolute Gasteiger partial charge is 0.242 e. The number of hydrogen-bond acceptors (Lipinski definition) is 4. The number of nitrogens with zero attached hydrogens (tertiary/aromatic N) is 1. The van der Waals surface area contributed by atoms with Crippen molar-refractivity contribution in [2.45, 2.75) is 6.04 Å². The first-order chi connectivity index (χ1) is 9.02. The zero-order valence-corrected chi connectivity index (χ0v) is 11.0. The second kappa shape index (κ2) is 5.50. The third-order valence-electron chi connectivity index (χ3n) is 3.00. The largest absolute Gasteiger partial charge is 0.389 e. The average molecular weight is 283 g/mol. The maximum atomic E-state index is 13.8. The maximum absolute atomic E-state index is 13.8. The number of carbonyl (C=O) groups excluding carboxylic acids is 1. The third-order valence-corrected chi connectivity index (χ3v) is 3.21. The number of nitrogens with two attached hydrogens (primary N) is 2. The van der Waals surface area contributed by atoms with Gasteiger partial charge in [0, 0.05) is 6.54 Å². The van der Waals surface area contributed by atoms with Gasteiger partial charge in [0.1, 0.15) is 16.8 Å². The molecule has 1 aliphatic rings. The molecule has 1 unspecified atom stereocenters. The molecule has 1 atom stereocenters. The summed E-state index contributed by atoms with van der Waals surface area (Å²) in [5.74, 6) is -1.04. The molecular formula is C12H14FN3O2S. The molecule has 1 amide bonds. The van der Waals surface area contributed by atoms with Gasteiger partial charge in [-0.1, -0.05) is 18.3 Å². The summed E-state index contributed by atoms with van der Waals surface area (Å²) < 4.78 is 19.1. The van der Waals surface area contributed by atoms with Crippen molar-refractivity contribution in [3.05, 3.63) is 29.6 Å². The predicted octanol–water partition coefficient (Wildman–Crippen LogP) is 0.150. The fourth-order valence-corrected chi connectivity index (χ4v) is 2.33. The van der Waals surface area contributed by atoms with Crippen molar-refractivity contribution < 1.29 is 13.9 Å². The summed E-state index contributed by atoms with van der Waals surface area (Å²) in [4.78, 5) is 13.1. The molecule has 5 nitrogen and oxygen atoms in total. The normalized spacial score (nSPS) is 19.2. The first kappa shape index (κ1) is 13.7. The van der Waals surface area contributed by atoms with Gasteiger partial charge in [0.15, 0.2) is 0 Å². The molecule has 7 heteroatoms. The van der Waals surface area contributed by atoms with Gasteiger partial charge in [0.25, 0.3) is 0 Å². The monoisotopic (exact) mass is 283 g/mol. The summed E-state index contributed by atoms with van der Waals surface area (Å²) in [6, 6.07) is 3.83. The van der Waals surface area contributed by atoms with Crippen molar-refractivity contribution in [2.24, 2.45) is 11.5 Å². The minimum absolute atomic E-state index is 0.0530. The second-order valence-corrected chi connectivity index (χ2v) is 4.62. The molecule has 1 saturated heterocycles. The van der Waals surface area contributed by atoms with E-state index in [1.807, 2.05) is 0 Å². The number of morpholine rings is 1. The molecule has 0 saturated carbocycles. The molecule has 0 aliphatic carbocycles. The number of hydrogen-bond donors (Lipinski definition) is 2. The van der Waals surface area contributed by atoms with Gasteiger partial charge in [-0.3, -0.25) is 4.79 Å². The van der Waals surface area contributed by atoms with Gasteiger partial charge in [0.2, 0.25) is 5.91 Å². The number of benzene rings is 1. The van der Waals surface area contributed by atoms with Crippen LogP contribution >= 0.6 is 12.2 Å². The highest BCUT2D eigenvalue weighted by Crippen LogP contribution is 2.26. The molecule has 1 aliphatic heterocycles. The molecule has 1 heterocycles. The summed E-state index contributed by atoms with van der Waals surface area (Å²) in [6.45, 7) is 1.02. The Morgan fingerprint density at radius 2 is 2.21 bits per heavy atom. The Labute approximate surface area is 115 Å². The van der Waals surface area contributed by atoms with Crippen molar-refractivity contribution in [2.75, 3.05) is 24.7 Å². The van der Waals surface area contributed by atoms with Crippen LogP contribution < -0.4 is 16.4 Å². The highest BCUT2D eigenvalue weighted by Gasteiger charge is 2.30. The van der Waals surface area contributed by atoms with Crippen LogP contribution in [0.3, 0.4) is 0 Å². The van der Waals surface area contributed by atoms with Crippen LogP contribution in [-0.4, -0.2) is 36.7 Å². The van der Waals surface area contributed by atoms with E-state index in [2.05, 4.69) is 0 Å². The fraction of sp³-hybridized carbons (Fsp3) is 0.333. The van der Waals surface area contributed by atoms with E-state index >= 15 is 0 Å². The molecule has 102 valence electrons. The lowest BCUT2D eigenvalue weighted by Crippen LogP contribution is -2.53. The number of amides is 1. The average Bonchev–Trinajstić information content (AvgIpc) is 2.37. The minimum atomic E-state index is -0.649. The number of anilines is 1. The van der Waals surface area contributed by atoms with Gasteiger partial charge >= 0.3 is 0 Å². The van der Waals surface area contributed by atoms with Crippen molar-refractivity contribution >= 4 is 28.8 Å². The van der Waals surface area contributed by atoms with Gasteiger partial charge in [-0.15, -0.1) is 0 Å². The SMILES string of the molecule is NC(=O)C1COCCN1c1cccc(F)c1C(N)=S. The van der Waals surface area contributed by atoms with E-state index in [4.69, 9.17) is 28.4 Å². The summed E-state index contributed by atoms with van der Waals surface area (Å²) >= 11 is 4.87. The van der Waals surface area contributed by atoms with E-state index in [1.165, 1.54) is 6.07 Å². The molecule has 1 aromatic carbocycles. The Kier molecular flexibility index (Phi) is 3.96. The van der Waals surface area contributed by atoms with Crippen molar-refractivity contribution in [1.29, 1.82) is 0 Å². The van der Waals surface area contributed by atoms with Crippen LogP contribution in [0.2, 0.25) is 0 Å². The predicted molar refractivity (Wildman–Crippen MR) is 73.4 cm³/mol. The topological polar surface area (TPSA) is 81.6 Å². The highest BCUT2D eigenvalue weighted by atomic mass is 32.1. The molecule has 0 aromatic heterocycles. The Balaban J connectivity index is 2.47. The molecular weight excluding hydrogens is 269 g/mol. The van der Waals surface area contributed by atoms with E-state index in [-0.39, 0.29) is 17.2 Å². The number of carbonyl (C=O) groups is 1. The van der Waals surface area contributed by atoms with E-state index in [9.17, 15) is 9.18 Å². The Bertz CT molecular complexity index is 524. The Morgan fingerprint density at radius 3 is 2.84 bits per heavy atom. The lowest BCUT2D eigenvalue weighted by molar-refractivity contribution is -0.121. The first-order valence-electron chi connectivity index (χ1n) is 5.74. The first-order valence-corrected chi connectivity index (χ1v) is 6.15. The molecule has 19 heavy (non-hydrogen) atoms. The fourth-order valence-electron chi connectivity index (χ4n) is 2.12. The van der Waals surface area contributed by atoms with Crippen LogP contribution in [0.5, 0.6) is 0 Å². The van der Waals surface area contributed by atoms with E-state index in [1.54, 1.807) is 17.0 Å². The number of ether oxygens (including phenoxy) is 1. The number of primary amides is 1. The van der Waals surface area contributed by atoms with Crippen LogP contribution in [0.4, 0.5) is 10.1 Å². The zero-order chi connectivity index (χ0) is 14.0. The quantitative estimate of drug-likeness (QED) is 0.772. The minimum Gasteiger partial charge on any atom is -0.389 e. The van der Waals surface area contributed by atoms with E-state index in [0.717, 1.165) is 0 Å². The van der Waals surface area contributed by atoms with Gasteiger partial charge < -0.3 is 21.1 Å². The van der Waals surface area contributed by atoms with Crippen molar-refractivity contribution in [3.8, 4) is 0 Å². The molecule has 2 rings (SSSR count). The summed E-state index contributed by atoms with van der Waals surface area (Å²) in [5.41, 5.74) is 11.5. The van der Waals surface area contributed by atoms with Crippen LogP contribution in [0.25, 0.3) is 0 Å². The lowest BCUT2D eigenvalue weighted by atomic mass is 10.1. The van der Waals surface area contributed by atoms with Gasteiger partial charge in [-0.05, 0) is 12.1 Å². The maximum Gasteiger partial charge on any atom is 0.242 e. The van der Waals surface area contributed by atoms with Crippen molar-refractivity contribution in [3.63, 3.8) is 0 Å². The lowest BCUT2D eigenvalue weighted by Gasteiger charge is -2.36. The van der Waals surface area contributed by atoms with E-state index in [0.29, 0.717) is 18.8 Å². The molecule has 4 N–H and O–H groups in total. The molecule has 0 bridgehead atoms. The highest BCUT2D eigenvalue weighted by molar-refractivity contribution is 7.80. The van der Waals surface area contributed by atoms with E-state index < -0.39 is 17.8 Å². The number of thiocarbonyl (C=S) groups is 1. The van der Waals surface area contributed by atoms with Crippen LogP contribution in [0, 0.1) is 5.82 Å². The van der Waals surface area contributed by atoms with Gasteiger partial charge in [-0.25, -0.2) is 4.39 Å². The molecule has 0 spiro atoms. The Morgan fingerprint density at radius 1 is 1.47 bits per heavy atom. The van der Waals surface area contributed by atoms with Crippen LogP contribution in [0.15, 0.2) is 18.2 Å². The third kappa shape index (κ3) is 2.66. The Hall–Kier alpha value is -1.73. The zero-order valence-electron chi connectivity index (χ0n) is 10.1. The molecule has 1 fully saturated rings. The van der Waals surface area contributed by atoms with Crippen LogP contribution in [0.1, 0.15) is 5.56 Å². The molecule has 1 aromatic rings. The van der Waals surface area contributed by atoms with Crippen LogP contribution in [-0.2, 0) is 9.53 Å². The molecule has 0 radical (unpaired) electrons. The summed E-state index contributed by atoms with van der Waals surface area (Å²) in [7, 11) is 0. The van der Waals surface area contributed by atoms with Gasteiger partial charge in [-0.2, -0.15) is 0 Å². The summed E-state index contributed by atoms with van der Waals surface area (Å²) in [5, 5.41) is 0. The second-order valence-electron chi connectivity index (χ2n) is 4.18.